The van der Waals surface area contributed by atoms with Crippen molar-refractivity contribution >= 4 is 10.1 Å². The van der Waals surface area contributed by atoms with Gasteiger partial charge in [0.25, 0.3) is 10.1 Å². The fourth-order valence-electron chi connectivity index (χ4n) is 1.72. The minimum atomic E-state index is -3.95. The van der Waals surface area contributed by atoms with Crippen molar-refractivity contribution in [1.29, 1.82) is 0 Å². The molecule has 16 heavy (non-hydrogen) atoms. The van der Waals surface area contributed by atoms with Crippen molar-refractivity contribution in [3.63, 3.8) is 0 Å². The Labute approximate surface area is 98.8 Å². The summed E-state index contributed by atoms with van der Waals surface area (Å²) in [6.07, 6.45) is 4.62. The molecule has 0 spiro atoms. The van der Waals surface area contributed by atoms with Gasteiger partial charge < -0.3 is 5.11 Å². The molecule has 0 aromatic carbocycles. The third-order valence-electron chi connectivity index (χ3n) is 2.84. The fourth-order valence-corrected chi connectivity index (χ4v) is 2.57. The Hall–Kier alpha value is -0.130. The van der Waals surface area contributed by atoms with E-state index in [1.165, 1.54) is 0 Å². The summed E-state index contributed by atoms with van der Waals surface area (Å²) in [6.45, 7) is 3.82. The van der Waals surface area contributed by atoms with Gasteiger partial charge in [-0.15, -0.1) is 0 Å². The molecule has 0 rings (SSSR count). The lowest BCUT2D eigenvalue weighted by atomic mass is 10.0. The zero-order valence-corrected chi connectivity index (χ0v) is 11.0. The van der Waals surface area contributed by atoms with Gasteiger partial charge in [0.15, 0.2) is 0 Å². The molecule has 0 saturated carbocycles. The molecule has 5 heteroatoms. The molecule has 0 aliphatic rings. The number of rotatable bonds is 9. The molecular weight excluding hydrogens is 228 g/mol. The third-order valence-corrected chi connectivity index (χ3v) is 4.25. The minimum absolute atomic E-state index is 0.336. The molecule has 0 radical (unpaired) electrons. The van der Waals surface area contributed by atoms with Gasteiger partial charge in [-0.3, -0.25) is 4.55 Å². The molecule has 2 unspecified atom stereocenters. The summed E-state index contributed by atoms with van der Waals surface area (Å²) in [5.41, 5.74) is 0. The molecule has 4 nitrogen and oxygen atoms in total. The monoisotopic (exact) mass is 252 g/mol. The maximum Gasteiger partial charge on any atom is 0.267 e. The van der Waals surface area contributed by atoms with Crippen LogP contribution < -0.4 is 0 Å². The summed E-state index contributed by atoms with van der Waals surface area (Å²) < 4.78 is 30.7. The lowest BCUT2D eigenvalue weighted by molar-refractivity contribution is 0.147. The second-order valence-electron chi connectivity index (χ2n) is 4.27. The van der Waals surface area contributed by atoms with Gasteiger partial charge in [-0.25, -0.2) is 0 Å². The first kappa shape index (κ1) is 15.9. The molecule has 2 N–H and O–H groups in total. The van der Waals surface area contributed by atoms with Crippen LogP contribution in [0, 0.1) is 0 Å². The van der Waals surface area contributed by atoms with Gasteiger partial charge in [-0.2, -0.15) is 8.42 Å². The van der Waals surface area contributed by atoms with Crippen molar-refractivity contribution < 1.29 is 18.1 Å². The highest BCUT2D eigenvalue weighted by Crippen LogP contribution is 2.15. The molecule has 0 fully saturated rings. The SMILES string of the molecule is CCCCCC(O)CCC(CC)S(=O)(=O)O. The Morgan fingerprint density at radius 3 is 2.12 bits per heavy atom. The molecule has 0 aliphatic heterocycles. The summed E-state index contributed by atoms with van der Waals surface area (Å²) in [4.78, 5) is 0. The van der Waals surface area contributed by atoms with E-state index in [1.54, 1.807) is 6.92 Å². The summed E-state index contributed by atoms with van der Waals surface area (Å²) >= 11 is 0. The average Bonchev–Trinajstić information content (AvgIpc) is 2.17. The predicted molar refractivity (Wildman–Crippen MR) is 65.0 cm³/mol. The normalized spacial score (nSPS) is 16.0. The van der Waals surface area contributed by atoms with E-state index in [4.69, 9.17) is 4.55 Å². The highest BCUT2D eigenvalue weighted by atomic mass is 32.2. The second-order valence-corrected chi connectivity index (χ2v) is 5.97. The van der Waals surface area contributed by atoms with Crippen LogP contribution in [0.5, 0.6) is 0 Å². The highest BCUT2D eigenvalue weighted by molar-refractivity contribution is 7.86. The van der Waals surface area contributed by atoms with Crippen LogP contribution >= 0.6 is 0 Å². The van der Waals surface area contributed by atoms with E-state index < -0.39 is 21.5 Å². The van der Waals surface area contributed by atoms with E-state index in [0.29, 0.717) is 19.3 Å². The Balaban J connectivity index is 3.85. The van der Waals surface area contributed by atoms with Crippen LogP contribution in [0.2, 0.25) is 0 Å². The quantitative estimate of drug-likeness (QED) is 0.488. The smallest absolute Gasteiger partial charge is 0.267 e. The Morgan fingerprint density at radius 2 is 1.69 bits per heavy atom. The van der Waals surface area contributed by atoms with Crippen molar-refractivity contribution in [2.45, 2.75) is 70.1 Å². The van der Waals surface area contributed by atoms with E-state index in [1.807, 2.05) is 0 Å². The van der Waals surface area contributed by atoms with E-state index in [0.717, 1.165) is 25.7 Å². The van der Waals surface area contributed by atoms with Crippen molar-refractivity contribution in [1.82, 2.24) is 0 Å². The molecule has 0 amide bonds. The molecule has 0 heterocycles. The van der Waals surface area contributed by atoms with Gasteiger partial charge in [0.05, 0.1) is 11.4 Å². The first-order valence-corrected chi connectivity index (χ1v) is 7.56. The molecular formula is C11H24O4S. The molecule has 0 aromatic heterocycles. The van der Waals surface area contributed by atoms with E-state index in [9.17, 15) is 13.5 Å². The van der Waals surface area contributed by atoms with Gasteiger partial charge in [0.1, 0.15) is 0 Å². The first-order chi connectivity index (χ1) is 7.41. The van der Waals surface area contributed by atoms with Gasteiger partial charge in [-0.05, 0) is 25.7 Å². The van der Waals surface area contributed by atoms with Crippen molar-refractivity contribution in [2.75, 3.05) is 0 Å². The molecule has 0 aromatic rings. The summed E-state index contributed by atoms with van der Waals surface area (Å²) in [6, 6.07) is 0. The lowest BCUT2D eigenvalue weighted by Crippen LogP contribution is -2.21. The van der Waals surface area contributed by atoms with Gasteiger partial charge >= 0.3 is 0 Å². The van der Waals surface area contributed by atoms with Crippen LogP contribution in [0.4, 0.5) is 0 Å². The van der Waals surface area contributed by atoms with Crippen LogP contribution in [0.1, 0.15) is 58.8 Å². The Bertz CT molecular complexity index is 261. The van der Waals surface area contributed by atoms with Crippen LogP contribution in [0.25, 0.3) is 0 Å². The first-order valence-electron chi connectivity index (χ1n) is 6.06. The third kappa shape index (κ3) is 7.19. The summed E-state index contributed by atoms with van der Waals surface area (Å²) in [5.74, 6) is 0. The maximum atomic E-state index is 10.9. The number of hydrogen-bond donors (Lipinski definition) is 2. The standard InChI is InChI=1S/C11H24O4S/c1-3-5-6-7-10(12)8-9-11(4-2)16(13,14)15/h10-12H,3-9H2,1-2H3,(H,13,14,15). The molecule has 0 bridgehead atoms. The maximum absolute atomic E-state index is 10.9. The number of unbranched alkanes of at least 4 members (excludes halogenated alkanes) is 2. The largest absolute Gasteiger partial charge is 0.393 e. The molecule has 0 aliphatic carbocycles. The fraction of sp³-hybridized carbons (Fsp3) is 1.00. The van der Waals surface area contributed by atoms with Crippen molar-refractivity contribution in [2.24, 2.45) is 0 Å². The predicted octanol–water partition coefficient (Wildman–Crippen LogP) is 2.37. The zero-order chi connectivity index (χ0) is 12.6. The Kier molecular flexibility index (Phi) is 7.97. The molecule has 2 atom stereocenters. The van der Waals surface area contributed by atoms with Gasteiger partial charge in [0, 0.05) is 0 Å². The van der Waals surface area contributed by atoms with Crippen molar-refractivity contribution in [3.8, 4) is 0 Å². The average molecular weight is 252 g/mol. The number of aliphatic hydroxyl groups excluding tert-OH is 1. The van der Waals surface area contributed by atoms with Crippen LogP contribution in [0.15, 0.2) is 0 Å². The Morgan fingerprint density at radius 1 is 1.06 bits per heavy atom. The second kappa shape index (κ2) is 8.03. The highest BCUT2D eigenvalue weighted by Gasteiger charge is 2.21. The van der Waals surface area contributed by atoms with Crippen LogP contribution in [-0.2, 0) is 10.1 Å². The summed E-state index contributed by atoms with van der Waals surface area (Å²) in [7, 11) is -3.95. The number of hydrogen-bond acceptors (Lipinski definition) is 3. The molecule has 0 saturated heterocycles. The van der Waals surface area contributed by atoms with E-state index in [-0.39, 0.29) is 0 Å². The minimum Gasteiger partial charge on any atom is -0.393 e. The van der Waals surface area contributed by atoms with Crippen LogP contribution in [-0.4, -0.2) is 29.4 Å². The summed E-state index contributed by atoms with van der Waals surface area (Å²) in [5, 5.41) is 8.88. The van der Waals surface area contributed by atoms with E-state index >= 15 is 0 Å². The van der Waals surface area contributed by atoms with Gasteiger partial charge in [-0.1, -0.05) is 33.1 Å². The number of aliphatic hydroxyl groups is 1. The van der Waals surface area contributed by atoms with Crippen LogP contribution in [0.3, 0.4) is 0 Å². The lowest BCUT2D eigenvalue weighted by Gasteiger charge is -2.14. The molecule has 98 valence electrons. The van der Waals surface area contributed by atoms with Gasteiger partial charge in [0.2, 0.25) is 0 Å². The van der Waals surface area contributed by atoms with Crippen molar-refractivity contribution in [3.05, 3.63) is 0 Å². The topological polar surface area (TPSA) is 74.6 Å². The van der Waals surface area contributed by atoms with E-state index in [2.05, 4.69) is 6.92 Å². The zero-order valence-electron chi connectivity index (χ0n) is 10.2.